The van der Waals surface area contributed by atoms with Gasteiger partial charge in [0.2, 0.25) is 0 Å². The predicted molar refractivity (Wildman–Crippen MR) is 74.2 cm³/mol. The van der Waals surface area contributed by atoms with Crippen molar-refractivity contribution in [1.29, 1.82) is 0 Å². The molecule has 0 aliphatic heterocycles. The third-order valence-corrected chi connectivity index (χ3v) is 4.55. The van der Waals surface area contributed by atoms with Crippen molar-refractivity contribution in [2.45, 2.75) is 37.6 Å². The summed E-state index contributed by atoms with van der Waals surface area (Å²) < 4.78 is 8.19. The number of primary amides is 1. The maximum atomic E-state index is 10.5. The molecule has 1 aromatic rings. The van der Waals surface area contributed by atoms with Crippen molar-refractivity contribution < 1.29 is 9.53 Å². The van der Waals surface area contributed by atoms with Crippen LogP contribution in [0.5, 0.6) is 0 Å². The second kappa shape index (κ2) is 4.71. The highest BCUT2D eigenvalue weighted by molar-refractivity contribution is 14.1. The first kappa shape index (κ1) is 12.3. The zero-order valence-corrected chi connectivity index (χ0v) is 12.2. The Bertz CT molecular complexity index is 464. The molecule has 1 heterocycles. The number of nitrogens with zero attached hydrogens (tertiary/aromatic N) is 2. The van der Waals surface area contributed by atoms with Crippen molar-refractivity contribution in [2.24, 2.45) is 11.7 Å². The van der Waals surface area contributed by atoms with Gasteiger partial charge in [0.25, 0.3) is 0 Å². The summed E-state index contributed by atoms with van der Waals surface area (Å²) in [7, 11) is 0. The maximum absolute atomic E-state index is 10.5. The van der Waals surface area contributed by atoms with Gasteiger partial charge in [-0.15, -0.1) is 0 Å². The van der Waals surface area contributed by atoms with E-state index in [9.17, 15) is 4.79 Å². The minimum Gasteiger partial charge on any atom is -0.449 e. The van der Waals surface area contributed by atoms with E-state index in [1.165, 1.54) is 22.1 Å². The Balaban J connectivity index is 1.54. The number of rotatable bonds is 4. The molecule has 3 rings (SSSR count). The lowest BCUT2D eigenvalue weighted by Crippen LogP contribution is -2.32. The molecule has 2 saturated carbocycles. The average Bonchev–Trinajstić information content (AvgIpc) is 3.01. The molecule has 0 radical (unpaired) electrons. The Morgan fingerprint density at radius 3 is 2.89 bits per heavy atom. The van der Waals surface area contributed by atoms with Crippen LogP contribution in [0.1, 0.15) is 43.3 Å². The zero-order chi connectivity index (χ0) is 12.7. The Labute approximate surface area is 119 Å². The summed E-state index contributed by atoms with van der Waals surface area (Å²) in [6, 6.07) is 0.465. The summed E-state index contributed by atoms with van der Waals surface area (Å²) in [5.41, 5.74) is 6.22. The third kappa shape index (κ3) is 2.48. The molecule has 5 nitrogen and oxygen atoms in total. The number of halogens is 1. The van der Waals surface area contributed by atoms with E-state index in [1.54, 1.807) is 0 Å². The molecule has 1 amide bonds. The molecule has 0 spiro atoms. The summed E-state index contributed by atoms with van der Waals surface area (Å²) in [5.74, 6) is 1.14. The van der Waals surface area contributed by atoms with Crippen LogP contribution in [0.25, 0.3) is 0 Å². The minimum atomic E-state index is -0.678. The molecule has 2 fully saturated rings. The van der Waals surface area contributed by atoms with Gasteiger partial charge in [-0.25, -0.2) is 4.79 Å². The van der Waals surface area contributed by atoms with Gasteiger partial charge in [-0.3, -0.25) is 4.68 Å². The SMILES string of the molecule is NC(=O)OCC1CC(n2cc(I)c(C3CC3)n2)C1. The fraction of sp³-hybridized carbons (Fsp3) is 0.667. The van der Waals surface area contributed by atoms with Crippen LogP contribution in [0.4, 0.5) is 4.79 Å². The second-order valence-corrected chi connectivity index (χ2v) is 6.40. The quantitative estimate of drug-likeness (QED) is 0.838. The fourth-order valence-corrected chi connectivity index (χ4v) is 3.29. The van der Waals surface area contributed by atoms with Crippen molar-refractivity contribution in [1.82, 2.24) is 9.78 Å². The first-order valence-electron chi connectivity index (χ1n) is 6.30. The molecule has 2 aliphatic carbocycles. The van der Waals surface area contributed by atoms with E-state index in [0.717, 1.165) is 12.8 Å². The molecule has 1 aromatic heterocycles. The molecule has 2 N–H and O–H groups in total. The van der Waals surface area contributed by atoms with Gasteiger partial charge in [-0.1, -0.05) is 0 Å². The lowest BCUT2D eigenvalue weighted by Gasteiger charge is -2.34. The van der Waals surface area contributed by atoms with Crippen LogP contribution >= 0.6 is 22.6 Å². The minimum absolute atomic E-state index is 0.439. The van der Waals surface area contributed by atoms with E-state index in [0.29, 0.717) is 24.5 Å². The van der Waals surface area contributed by atoms with E-state index in [4.69, 9.17) is 15.6 Å². The Kier molecular flexibility index (Phi) is 3.21. The van der Waals surface area contributed by atoms with Gasteiger partial charge in [0.05, 0.1) is 21.9 Å². The number of nitrogens with two attached hydrogens (primary N) is 1. The van der Waals surface area contributed by atoms with Crippen molar-refractivity contribution in [3.63, 3.8) is 0 Å². The molecule has 18 heavy (non-hydrogen) atoms. The molecule has 2 aliphatic rings. The molecule has 6 heteroatoms. The number of carbonyl (C=O) groups excluding carboxylic acids is 1. The van der Waals surface area contributed by atoms with Crippen molar-refractivity contribution >= 4 is 28.7 Å². The highest BCUT2D eigenvalue weighted by Gasteiger charge is 2.34. The molecule has 0 aromatic carbocycles. The standard InChI is InChI=1S/C12H16IN3O2/c13-10-5-16(15-11(10)8-1-2-8)9-3-7(4-9)6-18-12(14)17/h5,7-9H,1-4,6H2,(H2,14,17). The summed E-state index contributed by atoms with van der Waals surface area (Å²) in [6.07, 6.45) is 6.08. The van der Waals surface area contributed by atoms with Gasteiger partial charge in [0, 0.05) is 12.1 Å². The fourth-order valence-electron chi connectivity index (χ4n) is 2.46. The smallest absolute Gasteiger partial charge is 0.404 e. The summed E-state index contributed by atoms with van der Waals surface area (Å²) >= 11 is 2.37. The molecular weight excluding hydrogens is 345 g/mol. The molecule has 98 valence electrons. The molecule has 0 bridgehead atoms. The van der Waals surface area contributed by atoms with Gasteiger partial charge in [0.1, 0.15) is 0 Å². The molecular formula is C12H16IN3O2. The van der Waals surface area contributed by atoms with Crippen LogP contribution in [0, 0.1) is 9.49 Å². The van der Waals surface area contributed by atoms with Crippen LogP contribution in [0.3, 0.4) is 0 Å². The van der Waals surface area contributed by atoms with Crippen LogP contribution in [0.15, 0.2) is 6.20 Å². The maximum Gasteiger partial charge on any atom is 0.404 e. The Morgan fingerprint density at radius 2 is 2.28 bits per heavy atom. The van der Waals surface area contributed by atoms with Gasteiger partial charge < -0.3 is 10.5 Å². The number of aromatic nitrogens is 2. The number of hydrogen-bond donors (Lipinski definition) is 1. The monoisotopic (exact) mass is 361 g/mol. The van der Waals surface area contributed by atoms with E-state index in [1.807, 2.05) is 0 Å². The molecule has 0 saturated heterocycles. The van der Waals surface area contributed by atoms with Crippen LogP contribution in [-0.2, 0) is 4.74 Å². The normalized spacial score (nSPS) is 26.7. The third-order valence-electron chi connectivity index (χ3n) is 3.72. The van der Waals surface area contributed by atoms with Crippen molar-refractivity contribution in [2.75, 3.05) is 6.61 Å². The summed E-state index contributed by atoms with van der Waals surface area (Å²) in [5, 5.41) is 4.70. The van der Waals surface area contributed by atoms with E-state index in [-0.39, 0.29) is 0 Å². The molecule has 0 atom stereocenters. The van der Waals surface area contributed by atoms with E-state index < -0.39 is 6.09 Å². The largest absolute Gasteiger partial charge is 0.449 e. The first-order valence-corrected chi connectivity index (χ1v) is 7.38. The second-order valence-electron chi connectivity index (χ2n) is 5.24. The highest BCUT2D eigenvalue weighted by atomic mass is 127. The highest BCUT2D eigenvalue weighted by Crippen LogP contribution is 2.43. The van der Waals surface area contributed by atoms with Gasteiger partial charge in [-0.2, -0.15) is 5.10 Å². The molecule has 0 unspecified atom stereocenters. The lowest BCUT2D eigenvalue weighted by molar-refractivity contribution is 0.0806. The predicted octanol–water partition coefficient (Wildman–Crippen LogP) is 2.41. The Morgan fingerprint density at radius 1 is 1.56 bits per heavy atom. The number of hydrogen-bond acceptors (Lipinski definition) is 3. The van der Waals surface area contributed by atoms with Crippen molar-refractivity contribution in [3.05, 3.63) is 15.5 Å². The topological polar surface area (TPSA) is 70.1 Å². The average molecular weight is 361 g/mol. The van der Waals surface area contributed by atoms with Gasteiger partial charge in [-0.05, 0) is 54.2 Å². The van der Waals surface area contributed by atoms with E-state index in [2.05, 4.69) is 33.5 Å². The Hall–Kier alpha value is -0.790. The van der Waals surface area contributed by atoms with Crippen molar-refractivity contribution in [3.8, 4) is 0 Å². The zero-order valence-electron chi connectivity index (χ0n) is 10.0. The van der Waals surface area contributed by atoms with Crippen LogP contribution in [0.2, 0.25) is 0 Å². The van der Waals surface area contributed by atoms with E-state index >= 15 is 0 Å². The summed E-state index contributed by atoms with van der Waals surface area (Å²) in [6.45, 7) is 0.444. The van der Waals surface area contributed by atoms with Gasteiger partial charge in [0.15, 0.2) is 0 Å². The number of amides is 1. The van der Waals surface area contributed by atoms with Crippen LogP contribution in [-0.4, -0.2) is 22.5 Å². The first-order chi connectivity index (χ1) is 8.63. The van der Waals surface area contributed by atoms with Crippen LogP contribution < -0.4 is 5.73 Å². The number of ether oxygens (including phenoxy) is 1. The summed E-state index contributed by atoms with van der Waals surface area (Å²) in [4.78, 5) is 10.5. The van der Waals surface area contributed by atoms with Gasteiger partial charge >= 0.3 is 6.09 Å². The number of carbonyl (C=O) groups is 1. The lowest BCUT2D eigenvalue weighted by atomic mass is 9.81.